The zero-order valence-corrected chi connectivity index (χ0v) is 20.8. The van der Waals surface area contributed by atoms with Gasteiger partial charge in [-0.3, -0.25) is 9.59 Å². The number of carbonyl (C=O) groups is 2. The summed E-state index contributed by atoms with van der Waals surface area (Å²) in [7, 11) is -2.22. The molecule has 0 saturated heterocycles. The number of halogens is 4. The van der Waals surface area contributed by atoms with Crippen molar-refractivity contribution in [3.63, 3.8) is 0 Å². The zero-order chi connectivity index (χ0) is 27.6. The minimum atomic E-state index is -5.07. The summed E-state index contributed by atoms with van der Waals surface area (Å²) in [6.07, 6.45) is -3.20. The Bertz CT molecular complexity index is 1390. The van der Waals surface area contributed by atoms with Crippen molar-refractivity contribution in [2.45, 2.75) is 54.6 Å². The molecule has 0 bridgehead atoms. The molecule has 2 unspecified atom stereocenters. The number of carbonyl (C=O) groups excluding carboxylic acids is 2. The Balaban J connectivity index is 1.68. The number of methoxy groups -OCH3 is 1. The van der Waals surface area contributed by atoms with Crippen LogP contribution in [0.5, 0.6) is 0 Å². The van der Waals surface area contributed by atoms with E-state index in [0.29, 0.717) is 37.0 Å². The molecule has 0 spiro atoms. The highest BCUT2D eigenvalue weighted by Crippen LogP contribution is 2.46. The summed E-state index contributed by atoms with van der Waals surface area (Å²) in [6.45, 7) is 0.379. The number of rotatable bonds is 6. The van der Waals surface area contributed by atoms with E-state index < -0.39 is 62.1 Å². The molecule has 2 aliphatic rings. The van der Waals surface area contributed by atoms with Crippen LogP contribution in [0.15, 0.2) is 41.3 Å². The number of nitrogens with one attached hydrogen (secondary N) is 1. The minimum absolute atomic E-state index is 0.00839. The van der Waals surface area contributed by atoms with Gasteiger partial charge in [0, 0.05) is 19.9 Å². The Hall–Kier alpha value is -3.03. The van der Waals surface area contributed by atoms with E-state index in [1.807, 2.05) is 0 Å². The largest absolute Gasteiger partial charge is 0.421 e. The lowest BCUT2D eigenvalue weighted by Crippen LogP contribution is -2.44. The molecule has 0 aromatic heterocycles. The Morgan fingerprint density at radius 1 is 1.16 bits per heavy atom. The normalized spacial score (nSPS) is 20.2. The molecule has 2 amide bonds. The monoisotopic (exact) mass is 544 g/mol. The van der Waals surface area contributed by atoms with Crippen LogP contribution < -0.4 is 5.32 Å². The fraction of sp³-hybridized carbons (Fsp3) is 0.417. The van der Waals surface area contributed by atoms with Crippen LogP contribution in [-0.4, -0.2) is 55.4 Å². The van der Waals surface area contributed by atoms with Gasteiger partial charge < -0.3 is 20.1 Å². The van der Waals surface area contributed by atoms with Crippen molar-refractivity contribution < 1.29 is 45.4 Å². The van der Waals surface area contributed by atoms with Gasteiger partial charge in [-0.25, -0.2) is 12.8 Å². The number of sulfone groups is 1. The van der Waals surface area contributed by atoms with Crippen LogP contribution in [0.25, 0.3) is 0 Å². The highest BCUT2D eigenvalue weighted by atomic mass is 32.2. The molecule has 1 fully saturated rings. The van der Waals surface area contributed by atoms with Crippen LogP contribution in [0, 0.1) is 5.82 Å². The molecular formula is C24H24F4N2O6S. The second-order valence-corrected chi connectivity index (χ2v) is 11.4. The molecule has 13 heteroatoms. The van der Waals surface area contributed by atoms with E-state index in [9.17, 15) is 40.7 Å². The number of fused-ring (bicyclic) bond motifs is 1. The van der Waals surface area contributed by atoms with Crippen molar-refractivity contribution in [3.8, 4) is 0 Å². The molecule has 37 heavy (non-hydrogen) atoms. The second-order valence-electron chi connectivity index (χ2n) is 9.42. The average Bonchev–Trinajstić information content (AvgIpc) is 3.51. The summed E-state index contributed by atoms with van der Waals surface area (Å²) in [6, 6.07) is 4.96. The summed E-state index contributed by atoms with van der Waals surface area (Å²) in [5.74, 6) is -2.58. The summed E-state index contributed by atoms with van der Waals surface area (Å²) in [5.41, 5.74) is -4.94. The molecule has 200 valence electrons. The van der Waals surface area contributed by atoms with Crippen molar-refractivity contribution in [3.05, 3.63) is 58.9 Å². The lowest BCUT2D eigenvalue weighted by Gasteiger charge is -2.28. The van der Waals surface area contributed by atoms with Gasteiger partial charge in [0.15, 0.2) is 15.4 Å². The molecule has 2 aromatic rings. The predicted molar refractivity (Wildman–Crippen MR) is 122 cm³/mol. The van der Waals surface area contributed by atoms with Gasteiger partial charge in [-0.05, 0) is 60.7 Å². The van der Waals surface area contributed by atoms with Crippen molar-refractivity contribution in [1.29, 1.82) is 0 Å². The number of aliphatic hydroxyl groups is 1. The number of alkyl halides is 3. The molecular weight excluding hydrogens is 520 g/mol. The number of ether oxygens (including phenoxy) is 1. The molecule has 1 saturated carbocycles. The smallest absolute Gasteiger partial charge is 0.376 e. The molecule has 2 atom stereocenters. The van der Waals surface area contributed by atoms with Crippen LogP contribution >= 0.6 is 0 Å². The van der Waals surface area contributed by atoms with E-state index in [0.717, 1.165) is 18.4 Å². The minimum Gasteiger partial charge on any atom is -0.376 e. The number of anilines is 1. The summed E-state index contributed by atoms with van der Waals surface area (Å²) in [4.78, 5) is 27.8. The first kappa shape index (κ1) is 27.0. The molecule has 1 aliphatic heterocycles. The van der Waals surface area contributed by atoms with Crippen LogP contribution in [-0.2, 0) is 36.3 Å². The lowest BCUT2D eigenvalue weighted by atomic mass is 9.95. The SMILES string of the molecule is COC1(C(=O)N2Cc3cc(S(C)(=O)=O)ccc3C2C(=O)Nc2ccc(C(C)(O)C(F)(F)F)cc2F)CC1. The van der Waals surface area contributed by atoms with Gasteiger partial charge in [0.1, 0.15) is 17.5 Å². The first-order valence-corrected chi connectivity index (χ1v) is 13.0. The number of hydrogen-bond acceptors (Lipinski definition) is 6. The van der Waals surface area contributed by atoms with E-state index in [2.05, 4.69) is 5.32 Å². The molecule has 0 radical (unpaired) electrons. The highest BCUT2D eigenvalue weighted by molar-refractivity contribution is 7.90. The van der Waals surface area contributed by atoms with E-state index in [1.54, 1.807) is 0 Å². The highest BCUT2D eigenvalue weighted by Gasteiger charge is 2.56. The van der Waals surface area contributed by atoms with E-state index in [-0.39, 0.29) is 11.4 Å². The number of nitrogens with zero attached hydrogens (tertiary/aromatic N) is 1. The summed E-state index contributed by atoms with van der Waals surface area (Å²) >= 11 is 0. The van der Waals surface area contributed by atoms with Gasteiger partial charge >= 0.3 is 6.18 Å². The standard InChI is InChI=1S/C24H24F4N2O6S/c1-22(33,24(26,27)28)14-4-7-18(17(25)11-14)29-20(31)19-16-6-5-15(37(3,34)35)10-13(16)12-30(19)21(32)23(36-2)8-9-23/h4-7,10-11,19,33H,8-9,12H2,1-3H3,(H,29,31). The Morgan fingerprint density at radius 3 is 2.32 bits per heavy atom. The Labute approximate surface area is 210 Å². The first-order chi connectivity index (χ1) is 17.0. The third kappa shape index (κ3) is 4.71. The maximum absolute atomic E-state index is 14.7. The lowest BCUT2D eigenvalue weighted by molar-refractivity contribution is -0.258. The molecule has 1 aliphatic carbocycles. The topological polar surface area (TPSA) is 113 Å². The van der Waals surface area contributed by atoms with Crippen LogP contribution in [0.3, 0.4) is 0 Å². The predicted octanol–water partition coefficient (Wildman–Crippen LogP) is 3.20. The zero-order valence-electron chi connectivity index (χ0n) is 20.0. The van der Waals surface area contributed by atoms with E-state index in [1.165, 1.54) is 30.2 Å². The molecule has 8 nitrogen and oxygen atoms in total. The molecule has 1 heterocycles. The van der Waals surface area contributed by atoms with Gasteiger partial charge in [-0.2, -0.15) is 13.2 Å². The van der Waals surface area contributed by atoms with Gasteiger partial charge in [-0.1, -0.05) is 12.1 Å². The number of amides is 2. The van der Waals surface area contributed by atoms with Crippen LogP contribution in [0.4, 0.5) is 23.2 Å². The molecule has 2 aromatic carbocycles. The fourth-order valence-corrected chi connectivity index (χ4v) is 4.97. The summed E-state index contributed by atoms with van der Waals surface area (Å²) < 4.78 is 83.5. The van der Waals surface area contributed by atoms with Gasteiger partial charge in [0.2, 0.25) is 0 Å². The second kappa shape index (κ2) is 8.77. The third-order valence-corrected chi connectivity index (χ3v) is 7.93. The Morgan fingerprint density at radius 2 is 1.81 bits per heavy atom. The van der Waals surface area contributed by atoms with Gasteiger partial charge in [-0.15, -0.1) is 0 Å². The average molecular weight is 545 g/mol. The molecule has 2 N–H and O–H groups in total. The first-order valence-electron chi connectivity index (χ1n) is 11.1. The number of hydrogen-bond donors (Lipinski definition) is 2. The van der Waals surface area contributed by atoms with Crippen molar-refractivity contribution >= 4 is 27.3 Å². The van der Waals surface area contributed by atoms with Gasteiger partial charge in [0.05, 0.1) is 10.6 Å². The number of benzene rings is 2. The Kier molecular flexibility index (Phi) is 6.41. The van der Waals surface area contributed by atoms with Crippen molar-refractivity contribution in [2.75, 3.05) is 18.7 Å². The maximum atomic E-state index is 14.7. The van der Waals surface area contributed by atoms with E-state index in [4.69, 9.17) is 4.74 Å². The van der Waals surface area contributed by atoms with E-state index >= 15 is 0 Å². The quantitative estimate of drug-likeness (QED) is 0.541. The van der Waals surface area contributed by atoms with Gasteiger partial charge in [0.25, 0.3) is 11.8 Å². The molecule has 4 rings (SSSR count). The van der Waals surface area contributed by atoms with Crippen molar-refractivity contribution in [2.24, 2.45) is 0 Å². The maximum Gasteiger partial charge on any atom is 0.421 e. The van der Waals surface area contributed by atoms with Crippen molar-refractivity contribution in [1.82, 2.24) is 4.90 Å². The fourth-order valence-electron chi connectivity index (χ4n) is 4.30. The van der Waals surface area contributed by atoms with Crippen LogP contribution in [0.1, 0.15) is 42.5 Å². The summed E-state index contributed by atoms with van der Waals surface area (Å²) in [5, 5.41) is 12.1. The van der Waals surface area contributed by atoms with Crippen LogP contribution in [0.2, 0.25) is 0 Å². The third-order valence-electron chi connectivity index (χ3n) is 6.82.